The van der Waals surface area contributed by atoms with Gasteiger partial charge in [-0.25, -0.2) is 9.97 Å². The zero-order valence-corrected chi connectivity index (χ0v) is 18.4. The van der Waals surface area contributed by atoms with Crippen LogP contribution in [0, 0.1) is 5.92 Å². The van der Waals surface area contributed by atoms with E-state index in [1.54, 1.807) is 12.3 Å². The molecule has 8 nitrogen and oxygen atoms in total. The summed E-state index contributed by atoms with van der Waals surface area (Å²) in [6, 6.07) is 7.74. The lowest BCUT2D eigenvalue weighted by Crippen LogP contribution is -2.40. The Bertz CT molecular complexity index is 924. The van der Waals surface area contributed by atoms with Crippen molar-refractivity contribution in [3.05, 3.63) is 47.8 Å². The number of rotatable bonds is 7. The van der Waals surface area contributed by atoms with Crippen LogP contribution in [0.5, 0.6) is 0 Å². The number of hydrogen-bond donors (Lipinski definition) is 1. The summed E-state index contributed by atoms with van der Waals surface area (Å²) in [7, 11) is 5.79. The molecule has 0 spiro atoms. The Hall–Kier alpha value is -3.16. The van der Waals surface area contributed by atoms with Gasteiger partial charge in [0.2, 0.25) is 5.91 Å². The molecule has 2 aromatic rings. The first-order valence-corrected chi connectivity index (χ1v) is 10.8. The van der Waals surface area contributed by atoms with Crippen molar-refractivity contribution >= 4 is 23.5 Å². The Morgan fingerprint density at radius 2 is 1.87 bits per heavy atom. The Kier molecular flexibility index (Phi) is 6.06. The number of likely N-dealkylation sites (N-methyl/N-ethyl adjacent to an activating group) is 1. The van der Waals surface area contributed by atoms with Gasteiger partial charge in [0.25, 0.3) is 5.91 Å². The third-order valence-electron chi connectivity index (χ3n) is 6.02. The van der Waals surface area contributed by atoms with E-state index in [1.807, 2.05) is 60.2 Å². The molecule has 1 atom stereocenters. The van der Waals surface area contributed by atoms with Crippen LogP contribution in [0.2, 0.25) is 0 Å². The highest BCUT2D eigenvalue weighted by Crippen LogP contribution is 2.32. The first-order valence-electron chi connectivity index (χ1n) is 10.8. The van der Waals surface area contributed by atoms with Gasteiger partial charge in [-0.2, -0.15) is 0 Å². The molecular formula is C23H30N6O2. The molecule has 1 N–H and O–H groups in total. The highest BCUT2D eigenvalue weighted by molar-refractivity contribution is 5.94. The lowest BCUT2D eigenvalue weighted by Gasteiger charge is -2.25. The van der Waals surface area contributed by atoms with E-state index < -0.39 is 0 Å². The molecule has 0 aromatic carbocycles. The molecule has 2 fully saturated rings. The molecule has 31 heavy (non-hydrogen) atoms. The molecule has 2 aliphatic rings. The van der Waals surface area contributed by atoms with Crippen molar-refractivity contribution < 1.29 is 9.59 Å². The van der Waals surface area contributed by atoms with E-state index in [2.05, 4.69) is 15.3 Å². The fraction of sp³-hybridized carbons (Fsp3) is 0.478. The molecule has 1 saturated heterocycles. The van der Waals surface area contributed by atoms with Crippen molar-refractivity contribution in [1.29, 1.82) is 0 Å². The molecule has 0 unspecified atom stereocenters. The smallest absolute Gasteiger partial charge is 0.255 e. The predicted octanol–water partition coefficient (Wildman–Crippen LogP) is 2.24. The molecule has 1 saturated carbocycles. The molecule has 2 aromatic heterocycles. The zero-order chi connectivity index (χ0) is 22.0. The minimum Gasteiger partial charge on any atom is -0.366 e. The number of likely N-dealkylation sites (tertiary alicyclic amines) is 1. The van der Waals surface area contributed by atoms with Crippen molar-refractivity contribution in [2.75, 3.05) is 44.4 Å². The fourth-order valence-corrected chi connectivity index (χ4v) is 3.83. The molecule has 3 heterocycles. The van der Waals surface area contributed by atoms with E-state index in [-0.39, 0.29) is 23.8 Å². The maximum absolute atomic E-state index is 12.9. The Balaban J connectivity index is 1.29. The number of nitrogens with one attached hydrogen (secondary N) is 1. The summed E-state index contributed by atoms with van der Waals surface area (Å²) in [4.78, 5) is 39.6. The van der Waals surface area contributed by atoms with Crippen LogP contribution in [-0.4, -0.2) is 71.9 Å². The van der Waals surface area contributed by atoms with Crippen LogP contribution in [0.1, 0.15) is 35.2 Å². The topological polar surface area (TPSA) is 81.7 Å². The maximum atomic E-state index is 12.9. The van der Waals surface area contributed by atoms with Crippen molar-refractivity contribution in [2.45, 2.75) is 31.8 Å². The highest BCUT2D eigenvalue weighted by Gasteiger charge is 2.37. The van der Waals surface area contributed by atoms with Crippen molar-refractivity contribution in [3.8, 4) is 0 Å². The number of pyridine rings is 2. The minimum atomic E-state index is -0.0303. The third kappa shape index (κ3) is 4.95. The van der Waals surface area contributed by atoms with Crippen LogP contribution in [0.3, 0.4) is 0 Å². The van der Waals surface area contributed by atoms with Gasteiger partial charge < -0.3 is 20.0 Å². The number of aromatic nitrogens is 2. The molecule has 4 rings (SSSR count). The monoisotopic (exact) mass is 422 g/mol. The van der Waals surface area contributed by atoms with Crippen LogP contribution >= 0.6 is 0 Å². The third-order valence-corrected chi connectivity index (χ3v) is 6.02. The van der Waals surface area contributed by atoms with Crippen molar-refractivity contribution in [1.82, 2.24) is 19.8 Å². The predicted molar refractivity (Wildman–Crippen MR) is 120 cm³/mol. The Morgan fingerprint density at radius 3 is 2.48 bits per heavy atom. The van der Waals surface area contributed by atoms with Gasteiger partial charge in [-0.1, -0.05) is 6.07 Å². The van der Waals surface area contributed by atoms with E-state index in [0.717, 1.165) is 30.6 Å². The summed E-state index contributed by atoms with van der Waals surface area (Å²) in [5.41, 5.74) is 1.62. The van der Waals surface area contributed by atoms with E-state index in [4.69, 9.17) is 0 Å². The summed E-state index contributed by atoms with van der Waals surface area (Å²) in [6.45, 7) is 1.86. The van der Waals surface area contributed by atoms with Gasteiger partial charge in [-0.15, -0.1) is 0 Å². The SMILES string of the molecule is CN(C)c1ccc(CNc2ccc(C(=O)N3CC[C@H](N(C)C(=O)C4CC4)C3)cn2)cn1. The second-order valence-electron chi connectivity index (χ2n) is 8.62. The number of nitrogens with zero attached hydrogens (tertiary/aromatic N) is 5. The van der Waals surface area contributed by atoms with Crippen LogP contribution in [0.4, 0.5) is 11.6 Å². The molecule has 0 bridgehead atoms. The summed E-state index contributed by atoms with van der Waals surface area (Å²) in [6.07, 6.45) is 6.29. The molecular weight excluding hydrogens is 392 g/mol. The lowest BCUT2D eigenvalue weighted by atomic mass is 10.2. The first kappa shape index (κ1) is 21.1. The molecule has 8 heteroatoms. The van der Waals surface area contributed by atoms with Crippen molar-refractivity contribution in [3.63, 3.8) is 0 Å². The molecule has 164 valence electrons. The lowest BCUT2D eigenvalue weighted by molar-refractivity contribution is -0.133. The number of amides is 2. The van der Waals surface area contributed by atoms with Gasteiger partial charge in [0.1, 0.15) is 11.6 Å². The number of hydrogen-bond acceptors (Lipinski definition) is 6. The molecule has 1 aliphatic carbocycles. The van der Waals surface area contributed by atoms with Gasteiger partial charge in [-0.3, -0.25) is 9.59 Å². The summed E-state index contributed by atoms with van der Waals surface area (Å²) in [5, 5.41) is 3.26. The first-order chi connectivity index (χ1) is 14.9. The second kappa shape index (κ2) is 8.91. The largest absolute Gasteiger partial charge is 0.366 e. The molecule has 1 aliphatic heterocycles. The van der Waals surface area contributed by atoms with Gasteiger partial charge >= 0.3 is 0 Å². The van der Waals surface area contributed by atoms with Crippen LogP contribution < -0.4 is 10.2 Å². The molecule has 0 radical (unpaired) electrons. The Labute approximate surface area is 183 Å². The molecule has 2 amide bonds. The Morgan fingerprint density at radius 1 is 1.06 bits per heavy atom. The van der Waals surface area contributed by atoms with Crippen LogP contribution in [0.15, 0.2) is 36.7 Å². The van der Waals surface area contributed by atoms with Crippen molar-refractivity contribution in [2.24, 2.45) is 5.92 Å². The maximum Gasteiger partial charge on any atom is 0.255 e. The zero-order valence-electron chi connectivity index (χ0n) is 18.4. The van der Waals surface area contributed by atoms with E-state index in [9.17, 15) is 9.59 Å². The van der Waals surface area contributed by atoms with Gasteiger partial charge in [0.15, 0.2) is 0 Å². The summed E-state index contributed by atoms with van der Waals surface area (Å²) in [5.74, 6) is 2.03. The van der Waals surface area contributed by atoms with Crippen LogP contribution in [0.25, 0.3) is 0 Å². The quantitative estimate of drug-likeness (QED) is 0.737. The minimum absolute atomic E-state index is 0.0303. The number of carbonyl (C=O) groups is 2. The number of carbonyl (C=O) groups excluding carboxylic acids is 2. The van der Waals surface area contributed by atoms with E-state index >= 15 is 0 Å². The van der Waals surface area contributed by atoms with E-state index in [1.165, 1.54) is 0 Å². The van der Waals surface area contributed by atoms with Crippen LogP contribution in [-0.2, 0) is 11.3 Å². The number of anilines is 2. The standard InChI is InChI=1S/C23H30N6O2/c1-27(2)21-9-4-16(13-26-21)12-24-20-8-7-18(14-25-20)23(31)29-11-10-19(15-29)28(3)22(30)17-5-6-17/h4,7-9,13-14,17,19H,5-6,10-12,15H2,1-3H3,(H,24,25)/t19-/m0/s1. The second-order valence-corrected chi connectivity index (χ2v) is 8.62. The fourth-order valence-electron chi connectivity index (χ4n) is 3.83. The highest BCUT2D eigenvalue weighted by atomic mass is 16.2. The van der Waals surface area contributed by atoms with E-state index in [0.29, 0.717) is 31.0 Å². The average molecular weight is 423 g/mol. The van der Waals surface area contributed by atoms with Gasteiger partial charge in [0.05, 0.1) is 11.6 Å². The van der Waals surface area contributed by atoms with Gasteiger partial charge in [-0.05, 0) is 43.0 Å². The normalized spacial score (nSPS) is 18.0. The summed E-state index contributed by atoms with van der Waals surface area (Å²) >= 11 is 0. The summed E-state index contributed by atoms with van der Waals surface area (Å²) < 4.78 is 0. The average Bonchev–Trinajstić information content (AvgIpc) is 3.53. The van der Waals surface area contributed by atoms with Gasteiger partial charge in [0, 0.05) is 59.1 Å².